The van der Waals surface area contributed by atoms with E-state index in [0.717, 1.165) is 11.4 Å². The van der Waals surface area contributed by atoms with E-state index < -0.39 is 0 Å². The molecule has 1 aliphatic heterocycles. The normalized spacial score (nSPS) is 16.4. The smallest absolute Gasteiger partial charge is 0.142 e. The van der Waals surface area contributed by atoms with Crippen LogP contribution in [0, 0.1) is 30.6 Å². The van der Waals surface area contributed by atoms with Crippen LogP contribution < -0.4 is 9.64 Å². The maximum atomic E-state index is 9.27. The summed E-state index contributed by atoms with van der Waals surface area (Å²) in [5.74, 6) is 0.846. The highest BCUT2D eigenvalue weighted by atomic mass is 16.5. The molecule has 19 heavy (non-hydrogen) atoms. The molecule has 4 heteroatoms. The average molecular weight is 260 g/mol. The number of nitrogens with zero attached hydrogens (tertiary/aromatic N) is 2. The topological polar surface area (TPSA) is 45.5 Å². The molecule has 0 spiro atoms. The fourth-order valence-corrected chi connectivity index (χ4v) is 2.32. The van der Waals surface area contributed by atoms with E-state index in [1.54, 1.807) is 7.11 Å². The van der Waals surface area contributed by atoms with Gasteiger partial charge < -0.3 is 14.4 Å². The molecule has 0 aliphatic carbocycles. The molecule has 4 nitrogen and oxygen atoms in total. The van der Waals surface area contributed by atoms with Crippen molar-refractivity contribution in [3.8, 4) is 11.8 Å². The van der Waals surface area contributed by atoms with Crippen LogP contribution in [0.1, 0.15) is 11.1 Å². The van der Waals surface area contributed by atoms with Crippen LogP contribution in [-0.4, -0.2) is 33.9 Å². The van der Waals surface area contributed by atoms with Crippen molar-refractivity contribution in [1.82, 2.24) is 0 Å². The minimum Gasteiger partial charge on any atom is -0.495 e. The Balaban J connectivity index is 2.26. The molecule has 1 aromatic rings. The lowest BCUT2D eigenvalue weighted by atomic mass is 9.87. The van der Waals surface area contributed by atoms with Crippen LogP contribution in [0.25, 0.3) is 0 Å². The standard InChI is InChI=1S/C15H20N2O2/c1-11-5-13(14(18-4)6-12(11)2)17(3)8-15(7-16)9-19-10-15/h5-6H,8-10H2,1-4H3. The number of aryl methyl sites for hydroxylation is 2. The fraction of sp³-hybridized carbons (Fsp3) is 0.533. The van der Waals surface area contributed by atoms with Crippen molar-refractivity contribution in [2.75, 3.05) is 38.8 Å². The molecular formula is C15H20N2O2. The summed E-state index contributed by atoms with van der Waals surface area (Å²) in [6.45, 7) is 5.83. The molecule has 0 aromatic heterocycles. The number of nitriles is 1. The number of benzene rings is 1. The van der Waals surface area contributed by atoms with Crippen LogP contribution >= 0.6 is 0 Å². The molecular weight excluding hydrogens is 240 g/mol. The third-order valence-corrected chi connectivity index (χ3v) is 3.74. The van der Waals surface area contributed by atoms with Crippen LogP contribution in [-0.2, 0) is 4.74 Å². The van der Waals surface area contributed by atoms with Crippen LogP contribution in [0.2, 0.25) is 0 Å². The second-order valence-electron chi connectivity index (χ2n) is 5.35. The number of methoxy groups -OCH3 is 1. The molecule has 1 aromatic carbocycles. The molecule has 2 rings (SSSR count). The molecule has 0 N–H and O–H groups in total. The van der Waals surface area contributed by atoms with E-state index in [4.69, 9.17) is 9.47 Å². The Bertz CT molecular complexity index is 516. The number of anilines is 1. The van der Waals surface area contributed by atoms with E-state index in [9.17, 15) is 5.26 Å². The Morgan fingerprint density at radius 3 is 2.47 bits per heavy atom. The first-order chi connectivity index (χ1) is 9.01. The first-order valence-electron chi connectivity index (χ1n) is 6.37. The number of ether oxygens (including phenoxy) is 2. The van der Waals surface area contributed by atoms with Crippen molar-refractivity contribution in [1.29, 1.82) is 5.26 Å². The van der Waals surface area contributed by atoms with Crippen LogP contribution in [0.4, 0.5) is 5.69 Å². The molecule has 0 radical (unpaired) electrons. The summed E-state index contributed by atoms with van der Waals surface area (Å²) in [6.07, 6.45) is 0. The lowest BCUT2D eigenvalue weighted by Crippen LogP contribution is -2.49. The number of hydrogen-bond acceptors (Lipinski definition) is 4. The van der Waals surface area contributed by atoms with Gasteiger partial charge in [-0.1, -0.05) is 0 Å². The van der Waals surface area contributed by atoms with Gasteiger partial charge >= 0.3 is 0 Å². The first-order valence-corrected chi connectivity index (χ1v) is 6.37. The van der Waals surface area contributed by atoms with Crippen LogP contribution in [0.5, 0.6) is 5.75 Å². The molecule has 0 saturated carbocycles. The van der Waals surface area contributed by atoms with E-state index >= 15 is 0 Å². The molecule has 0 amide bonds. The minimum atomic E-state index is -0.376. The van der Waals surface area contributed by atoms with Gasteiger partial charge in [-0.3, -0.25) is 0 Å². The van der Waals surface area contributed by atoms with Crippen molar-refractivity contribution in [2.45, 2.75) is 13.8 Å². The van der Waals surface area contributed by atoms with Gasteiger partial charge in [0.1, 0.15) is 11.2 Å². The van der Waals surface area contributed by atoms with Crippen LogP contribution in [0.15, 0.2) is 12.1 Å². The Kier molecular flexibility index (Phi) is 3.68. The van der Waals surface area contributed by atoms with Gasteiger partial charge in [-0.25, -0.2) is 0 Å². The van der Waals surface area contributed by atoms with Gasteiger partial charge in [0.25, 0.3) is 0 Å². The summed E-state index contributed by atoms with van der Waals surface area (Å²) in [4.78, 5) is 2.08. The average Bonchev–Trinajstić information content (AvgIpc) is 2.36. The van der Waals surface area contributed by atoms with E-state index in [-0.39, 0.29) is 5.41 Å². The van der Waals surface area contributed by atoms with Gasteiger partial charge in [0, 0.05) is 13.6 Å². The Hall–Kier alpha value is -1.73. The second kappa shape index (κ2) is 5.10. The highest BCUT2D eigenvalue weighted by Gasteiger charge is 2.40. The van der Waals surface area contributed by atoms with Gasteiger partial charge in [0.15, 0.2) is 0 Å². The Labute approximate surface area is 114 Å². The third-order valence-electron chi connectivity index (χ3n) is 3.74. The van der Waals surface area contributed by atoms with Crippen molar-refractivity contribution in [2.24, 2.45) is 5.41 Å². The summed E-state index contributed by atoms with van der Waals surface area (Å²) in [7, 11) is 3.66. The Morgan fingerprint density at radius 1 is 1.37 bits per heavy atom. The van der Waals surface area contributed by atoms with E-state index in [1.807, 2.05) is 13.1 Å². The summed E-state index contributed by atoms with van der Waals surface area (Å²) in [5, 5.41) is 9.27. The maximum absolute atomic E-state index is 9.27. The predicted molar refractivity (Wildman–Crippen MR) is 74.6 cm³/mol. The summed E-state index contributed by atoms with van der Waals surface area (Å²) in [5.41, 5.74) is 3.07. The van der Waals surface area contributed by atoms with Crippen molar-refractivity contribution in [3.05, 3.63) is 23.3 Å². The zero-order chi connectivity index (χ0) is 14.0. The van der Waals surface area contributed by atoms with Crippen molar-refractivity contribution in [3.63, 3.8) is 0 Å². The van der Waals surface area contributed by atoms with Gasteiger partial charge in [0.05, 0.1) is 32.1 Å². The molecule has 1 aliphatic rings. The summed E-state index contributed by atoms with van der Waals surface area (Å²) in [6, 6.07) is 6.52. The fourth-order valence-electron chi connectivity index (χ4n) is 2.32. The highest BCUT2D eigenvalue weighted by Crippen LogP contribution is 2.34. The summed E-state index contributed by atoms with van der Waals surface area (Å²) < 4.78 is 10.6. The quantitative estimate of drug-likeness (QED) is 0.833. The van der Waals surface area contributed by atoms with Gasteiger partial charge in [-0.15, -0.1) is 0 Å². The molecule has 1 saturated heterocycles. The molecule has 1 heterocycles. The van der Waals surface area contributed by atoms with Gasteiger partial charge in [-0.05, 0) is 37.1 Å². The van der Waals surface area contributed by atoms with Gasteiger partial charge in [0.2, 0.25) is 0 Å². The Morgan fingerprint density at radius 2 is 2.00 bits per heavy atom. The monoisotopic (exact) mass is 260 g/mol. The highest BCUT2D eigenvalue weighted by molar-refractivity contribution is 5.61. The van der Waals surface area contributed by atoms with Crippen molar-refractivity contribution < 1.29 is 9.47 Å². The molecule has 0 bridgehead atoms. The van der Waals surface area contributed by atoms with E-state index in [2.05, 4.69) is 30.9 Å². The first kappa shape index (κ1) is 13.7. The lowest BCUT2D eigenvalue weighted by molar-refractivity contribution is -0.0716. The van der Waals surface area contributed by atoms with Crippen molar-refractivity contribution >= 4 is 5.69 Å². The molecule has 0 atom stereocenters. The number of rotatable bonds is 4. The second-order valence-corrected chi connectivity index (χ2v) is 5.35. The predicted octanol–water partition coefficient (Wildman–Crippen LogP) is 2.29. The SMILES string of the molecule is COc1cc(C)c(C)cc1N(C)CC1(C#N)COC1. The molecule has 0 unspecified atom stereocenters. The van der Waals surface area contributed by atoms with E-state index in [0.29, 0.717) is 19.8 Å². The lowest BCUT2D eigenvalue weighted by Gasteiger charge is -2.39. The zero-order valence-electron chi connectivity index (χ0n) is 12.0. The molecule has 1 fully saturated rings. The van der Waals surface area contributed by atoms with E-state index in [1.165, 1.54) is 11.1 Å². The van der Waals surface area contributed by atoms with Gasteiger partial charge in [-0.2, -0.15) is 5.26 Å². The largest absolute Gasteiger partial charge is 0.495 e. The summed E-state index contributed by atoms with van der Waals surface area (Å²) >= 11 is 0. The number of hydrogen-bond donors (Lipinski definition) is 0. The maximum Gasteiger partial charge on any atom is 0.142 e. The minimum absolute atomic E-state index is 0.376. The van der Waals surface area contributed by atoms with Crippen LogP contribution in [0.3, 0.4) is 0 Å². The third kappa shape index (κ3) is 2.52. The zero-order valence-corrected chi connectivity index (χ0v) is 12.0. The molecule has 102 valence electrons.